The van der Waals surface area contributed by atoms with E-state index in [0.717, 1.165) is 43.9 Å². The van der Waals surface area contributed by atoms with Gasteiger partial charge >= 0.3 is 6.18 Å². The monoisotopic (exact) mass is 512 g/mol. The van der Waals surface area contributed by atoms with E-state index in [1.165, 1.54) is 37.0 Å². The number of benzene rings is 2. The Bertz CT molecular complexity index is 1100. The molecule has 6 heteroatoms. The van der Waals surface area contributed by atoms with Gasteiger partial charge in [-0.05, 0) is 66.8 Å². The summed E-state index contributed by atoms with van der Waals surface area (Å²) in [7, 11) is 0. The minimum Gasteiger partial charge on any atom is -0.345 e. The zero-order valence-electron chi connectivity index (χ0n) is 22.1. The highest BCUT2D eigenvalue weighted by atomic mass is 19.4. The lowest BCUT2D eigenvalue weighted by Crippen LogP contribution is -2.32. The van der Waals surface area contributed by atoms with Crippen molar-refractivity contribution in [2.24, 2.45) is 0 Å². The number of amides is 1. The second-order valence-corrected chi connectivity index (χ2v) is 9.77. The summed E-state index contributed by atoms with van der Waals surface area (Å²) in [5, 5.41) is 0. The van der Waals surface area contributed by atoms with Crippen LogP contribution in [0.1, 0.15) is 91.5 Å². The van der Waals surface area contributed by atoms with E-state index in [1.54, 1.807) is 6.07 Å². The normalized spacial score (nSPS) is 11.6. The maximum atomic E-state index is 13.5. The van der Waals surface area contributed by atoms with Crippen LogP contribution in [0, 0.1) is 0 Å². The van der Waals surface area contributed by atoms with E-state index in [9.17, 15) is 18.0 Å². The van der Waals surface area contributed by atoms with Gasteiger partial charge in [0.2, 0.25) is 0 Å². The number of aryl methyl sites for hydroxylation is 1. The van der Waals surface area contributed by atoms with Crippen molar-refractivity contribution in [2.75, 3.05) is 6.54 Å². The van der Waals surface area contributed by atoms with Crippen LogP contribution >= 0.6 is 0 Å². The van der Waals surface area contributed by atoms with E-state index >= 15 is 0 Å². The first kappa shape index (κ1) is 28.5. The number of rotatable bonds is 14. The summed E-state index contributed by atoms with van der Waals surface area (Å²) in [5.74, 6) is -0.0135. The van der Waals surface area contributed by atoms with Crippen molar-refractivity contribution in [1.82, 2.24) is 9.47 Å². The Balaban J connectivity index is 1.72. The largest absolute Gasteiger partial charge is 0.416 e. The minimum atomic E-state index is -4.37. The van der Waals surface area contributed by atoms with Crippen LogP contribution in [0.2, 0.25) is 0 Å². The molecule has 0 fully saturated rings. The molecule has 1 heterocycles. The van der Waals surface area contributed by atoms with Gasteiger partial charge in [-0.2, -0.15) is 13.2 Å². The Morgan fingerprint density at radius 1 is 0.838 bits per heavy atom. The van der Waals surface area contributed by atoms with Gasteiger partial charge in [0.15, 0.2) is 0 Å². The smallest absolute Gasteiger partial charge is 0.345 e. The predicted octanol–water partition coefficient (Wildman–Crippen LogP) is 8.51. The summed E-state index contributed by atoms with van der Waals surface area (Å²) in [6.07, 6.45) is 6.36. The maximum Gasteiger partial charge on any atom is 0.416 e. The number of aromatic nitrogens is 1. The van der Waals surface area contributed by atoms with Crippen LogP contribution in [0.4, 0.5) is 13.2 Å². The molecule has 0 unspecified atom stereocenters. The summed E-state index contributed by atoms with van der Waals surface area (Å²) in [6, 6.07) is 17.2. The molecule has 0 saturated heterocycles. The van der Waals surface area contributed by atoms with Gasteiger partial charge in [-0.1, -0.05) is 70.2 Å². The van der Waals surface area contributed by atoms with Crippen LogP contribution in [0.25, 0.3) is 0 Å². The highest BCUT2D eigenvalue weighted by Crippen LogP contribution is 2.30. The van der Waals surface area contributed by atoms with Crippen molar-refractivity contribution in [3.63, 3.8) is 0 Å². The molecule has 0 radical (unpaired) electrons. The van der Waals surface area contributed by atoms with Crippen LogP contribution in [-0.2, 0) is 25.7 Å². The number of hydrogen-bond acceptors (Lipinski definition) is 1. The standard InChI is InChI=1S/C31H39F3N2O/c1-3-5-7-8-12-25-16-18-27(19-17-25)30(37)36(20-9-6-4-2)24-29-15-11-21-35(29)23-26-13-10-14-28(22-26)31(32,33)34/h10-11,13-19,21-22H,3-9,12,20,23-24H2,1-2H3. The number of carbonyl (C=O) groups excluding carboxylic acids is 1. The van der Waals surface area contributed by atoms with Gasteiger partial charge in [-0.25, -0.2) is 0 Å². The number of alkyl halides is 3. The molecule has 0 bridgehead atoms. The molecule has 0 N–H and O–H groups in total. The van der Waals surface area contributed by atoms with Crippen molar-refractivity contribution >= 4 is 5.91 Å². The second kappa shape index (κ2) is 14.1. The van der Waals surface area contributed by atoms with Crippen molar-refractivity contribution < 1.29 is 18.0 Å². The predicted molar refractivity (Wildman–Crippen MR) is 144 cm³/mol. The molecule has 0 aliphatic rings. The number of carbonyl (C=O) groups is 1. The summed E-state index contributed by atoms with van der Waals surface area (Å²) >= 11 is 0. The third kappa shape index (κ3) is 8.80. The Hall–Kier alpha value is -3.02. The third-order valence-electron chi connectivity index (χ3n) is 6.72. The molecule has 0 aliphatic carbocycles. The fourth-order valence-electron chi connectivity index (χ4n) is 4.54. The summed E-state index contributed by atoms with van der Waals surface area (Å²) < 4.78 is 41.4. The number of halogens is 3. The topological polar surface area (TPSA) is 25.2 Å². The van der Waals surface area contributed by atoms with Crippen molar-refractivity contribution in [3.05, 3.63) is 94.8 Å². The fourth-order valence-corrected chi connectivity index (χ4v) is 4.54. The Morgan fingerprint density at radius 3 is 2.27 bits per heavy atom. The van der Waals surface area contributed by atoms with E-state index in [1.807, 2.05) is 39.9 Å². The molecule has 200 valence electrons. The Kier molecular flexibility index (Phi) is 10.8. The average molecular weight is 513 g/mol. The van der Waals surface area contributed by atoms with Crippen molar-refractivity contribution in [2.45, 2.75) is 84.5 Å². The van der Waals surface area contributed by atoms with Crippen LogP contribution in [0.15, 0.2) is 66.9 Å². The zero-order chi connectivity index (χ0) is 26.7. The van der Waals surface area contributed by atoms with Gasteiger partial charge in [0.25, 0.3) is 5.91 Å². The quantitative estimate of drug-likeness (QED) is 0.199. The molecule has 3 aromatic rings. The van der Waals surface area contributed by atoms with E-state index in [-0.39, 0.29) is 5.91 Å². The third-order valence-corrected chi connectivity index (χ3v) is 6.72. The van der Waals surface area contributed by atoms with Crippen molar-refractivity contribution in [3.8, 4) is 0 Å². The average Bonchev–Trinajstić information content (AvgIpc) is 3.32. The zero-order valence-corrected chi connectivity index (χ0v) is 22.1. The van der Waals surface area contributed by atoms with Gasteiger partial charge in [0.05, 0.1) is 12.1 Å². The molecule has 3 rings (SSSR count). The van der Waals surface area contributed by atoms with Gasteiger partial charge in [0, 0.05) is 30.5 Å². The lowest BCUT2D eigenvalue weighted by Gasteiger charge is -2.24. The van der Waals surface area contributed by atoms with E-state index in [0.29, 0.717) is 30.8 Å². The molecule has 1 aromatic heterocycles. The van der Waals surface area contributed by atoms with Crippen molar-refractivity contribution in [1.29, 1.82) is 0 Å². The minimum absolute atomic E-state index is 0.0135. The van der Waals surface area contributed by atoms with E-state index in [4.69, 9.17) is 0 Å². The fraction of sp³-hybridized carbons (Fsp3) is 0.452. The molecule has 1 amide bonds. The molecule has 0 spiro atoms. The molecule has 0 saturated carbocycles. The van der Waals surface area contributed by atoms with Crippen LogP contribution in [-0.4, -0.2) is 21.9 Å². The SMILES string of the molecule is CCCCCCc1ccc(C(=O)N(CCCCC)Cc2cccn2Cc2cccc(C(F)(F)F)c2)cc1. The summed E-state index contributed by atoms with van der Waals surface area (Å²) in [4.78, 5) is 15.4. The molecule has 2 aromatic carbocycles. The van der Waals surface area contributed by atoms with Gasteiger partial charge in [-0.15, -0.1) is 0 Å². The number of hydrogen-bond donors (Lipinski definition) is 0. The Labute approximate surface area is 219 Å². The van der Waals surface area contributed by atoms with Gasteiger partial charge < -0.3 is 9.47 Å². The first-order chi connectivity index (χ1) is 17.8. The molecule has 0 atom stereocenters. The molecular weight excluding hydrogens is 473 g/mol. The van der Waals surface area contributed by atoms with E-state index in [2.05, 4.69) is 26.0 Å². The molecule has 37 heavy (non-hydrogen) atoms. The molecular formula is C31H39F3N2O. The highest BCUT2D eigenvalue weighted by Gasteiger charge is 2.30. The molecule has 0 aliphatic heterocycles. The maximum absolute atomic E-state index is 13.5. The summed E-state index contributed by atoms with van der Waals surface area (Å²) in [6.45, 7) is 5.70. The van der Waals surface area contributed by atoms with Gasteiger partial charge in [0.1, 0.15) is 0 Å². The first-order valence-corrected chi connectivity index (χ1v) is 13.5. The van der Waals surface area contributed by atoms with Crippen LogP contribution in [0.5, 0.6) is 0 Å². The number of unbranched alkanes of at least 4 members (excludes halogenated alkanes) is 5. The Morgan fingerprint density at radius 2 is 1.57 bits per heavy atom. The lowest BCUT2D eigenvalue weighted by molar-refractivity contribution is -0.137. The van der Waals surface area contributed by atoms with Crippen LogP contribution in [0.3, 0.4) is 0 Å². The van der Waals surface area contributed by atoms with E-state index < -0.39 is 11.7 Å². The molecule has 3 nitrogen and oxygen atoms in total. The van der Waals surface area contributed by atoms with Gasteiger partial charge in [-0.3, -0.25) is 4.79 Å². The highest BCUT2D eigenvalue weighted by molar-refractivity contribution is 5.94. The lowest BCUT2D eigenvalue weighted by atomic mass is 10.0. The second-order valence-electron chi connectivity index (χ2n) is 9.77. The number of nitrogens with zero attached hydrogens (tertiary/aromatic N) is 2. The van der Waals surface area contributed by atoms with Crippen LogP contribution < -0.4 is 0 Å². The first-order valence-electron chi connectivity index (χ1n) is 13.5. The summed E-state index contributed by atoms with van der Waals surface area (Å²) in [5.41, 5.74) is 2.74.